The highest BCUT2D eigenvalue weighted by Crippen LogP contribution is 2.32. The van der Waals surface area contributed by atoms with Crippen LogP contribution in [0.3, 0.4) is 0 Å². The number of benzene rings is 6. The van der Waals surface area contributed by atoms with E-state index in [-0.39, 0.29) is 0 Å². The zero-order valence-corrected chi connectivity index (χ0v) is 23.5. The Morgan fingerprint density at radius 2 is 0.591 bits per heavy atom. The molecule has 6 aromatic carbocycles. The largest absolute Gasteiger partial charge is 0.457 e. The van der Waals surface area contributed by atoms with Crippen LogP contribution in [0.1, 0.15) is 0 Å². The maximum atomic E-state index is 6.00. The van der Waals surface area contributed by atoms with Gasteiger partial charge in [-0.3, -0.25) is 0 Å². The maximum Gasteiger partial charge on any atom is 0.131 e. The van der Waals surface area contributed by atoms with Crippen LogP contribution in [0.25, 0.3) is 0 Å². The highest BCUT2D eigenvalue weighted by molar-refractivity contribution is 5.48. The highest BCUT2D eigenvalue weighted by atomic mass is 16.5. The fraction of sp³-hybridized carbons (Fsp3) is 0. The molecular weight excluding hydrogens is 552 g/mol. The molecule has 0 saturated carbocycles. The van der Waals surface area contributed by atoms with Gasteiger partial charge in [0.15, 0.2) is 0 Å². The lowest BCUT2D eigenvalue weighted by molar-refractivity contribution is 0.460. The number of nitrogens with two attached hydrogens (primary N) is 2. The van der Waals surface area contributed by atoms with Crippen LogP contribution in [0.2, 0.25) is 0 Å². The Kier molecular flexibility index (Phi) is 8.32. The van der Waals surface area contributed by atoms with E-state index in [0.29, 0.717) is 68.7 Å². The predicted molar refractivity (Wildman–Crippen MR) is 172 cm³/mol. The summed E-state index contributed by atoms with van der Waals surface area (Å²) in [6.45, 7) is 0. The Bertz CT molecular complexity index is 1720. The van der Waals surface area contributed by atoms with E-state index in [0.717, 1.165) is 0 Å². The average Bonchev–Trinajstić information content (AvgIpc) is 3.04. The maximum absolute atomic E-state index is 6.00. The molecule has 0 aliphatic rings. The van der Waals surface area contributed by atoms with Gasteiger partial charge in [0.05, 0.1) is 11.4 Å². The predicted octanol–water partition coefficient (Wildman–Crippen LogP) is 10.4. The first-order valence-electron chi connectivity index (χ1n) is 13.8. The number of hydrogen-bond donors (Lipinski definition) is 2. The second-order valence-corrected chi connectivity index (χ2v) is 9.68. The van der Waals surface area contributed by atoms with E-state index in [1.165, 1.54) is 0 Å². The molecule has 6 aromatic rings. The number of nitrogen functional groups attached to an aromatic ring is 2. The smallest absolute Gasteiger partial charge is 0.131 e. The lowest BCUT2D eigenvalue weighted by Crippen LogP contribution is -1.88. The highest BCUT2D eigenvalue weighted by Gasteiger charge is 2.04. The van der Waals surface area contributed by atoms with Crippen LogP contribution in [0, 0.1) is 0 Å². The van der Waals surface area contributed by atoms with Crippen molar-refractivity contribution >= 4 is 22.7 Å². The van der Waals surface area contributed by atoms with Gasteiger partial charge in [-0.15, -0.1) is 0 Å². The standard InChI is InChI=1S/C36H28N4O4/c37-25-7-15-29(16-8-25)41-33-3-1-5-35(23-33)43-31-19-11-27(12-20-31)39-40-28-13-21-32(22-14-28)44-36-6-2-4-34(24-36)42-30-17-9-26(38)10-18-30/h1-24H,37-38H2. The van der Waals surface area contributed by atoms with Gasteiger partial charge in [-0.05, 0) is 121 Å². The summed E-state index contributed by atoms with van der Waals surface area (Å²) in [5, 5.41) is 8.68. The van der Waals surface area contributed by atoms with E-state index >= 15 is 0 Å². The van der Waals surface area contributed by atoms with Crippen LogP contribution < -0.4 is 30.4 Å². The molecule has 0 aromatic heterocycles. The summed E-state index contributed by atoms with van der Waals surface area (Å²) in [6, 6.07) is 44.0. The molecule has 216 valence electrons. The monoisotopic (exact) mass is 580 g/mol. The van der Waals surface area contributed by atoms with Crippen molar-refractivity contribution in [3.8, 4) is 46.0 Å². The lowest BCUT2D eigenvalue weighted by atomic mass is 10.3. The van der Waals surface area contributed by atoms with Gasteiger partial charge in [0.1, 0.15) is 46.0 Å². The van der Waals surface area contributed by atoms with Gasteiger partial charge in [0.2, 0.25) is 0 Å². The minimum Gasteiger partial charge on any atom is -0.457 e. The van der Waals surface area contributed by atoms with Crippen molar-refractivity contribution in [2.75, 3.05) is 11.5 Å². The summed E-state index contributed by atoms with van der Waals surface area (Å²) in [5.41, 5.74) is 14.2. The molecule has 0 bridgehead atoms. The van der Waals surface area contributed by atoms with Gasteiger partial charge in [0, 0.05) is 23.5 Å². The number of azo groups is 1. The minimum absolute atomic E-state index is 0.649. The normalized spacial score (nSPS) is 10.8. The molecule has 6 rings (SSSR count). The van der Waals surface area contributed by atoms with E-state index in [1.54, 1.807) is 24.3 Å². The van der Waals surface area contributed by atoms with Crippen LogP contribution in [0.15, 0.2) is 156 Å². The van der Waals surface area contributed by atoms with Gasteiger partial charge in [-0.25, -0.2) is 0 Å². The summed E-state index contributed by atoms with van der Waals surface area (Å²) in [7, 11) is 0. The van der Waals surface area contributed by atoms with Gasteiger partial charge in [0.25, 0.3) is 0 Å². The molecule has 44 heavy (non-hydrogen) atoms. The van der Waals surface area contributed by atoms with Crippen LogP contribution in [-0.4, -0.2) is 0 Å². The summed E-state index contributed by atoms with van der Waals surface area (Å²) >= 11 is 0. The molecular formula is C36H28N4O4. The minimum atomic E-state index is 0.649. The quantitative estimate of drug-likeness (QED) is 0.123. The van der Waals surface area contributed by atoms with Crippen molar-refractivity contribution in [2.24, 2.45) is 10.2 Å². The molecule has 0 atom stereocenters. The molecule has 4 N–H and O–H groups in total. The number of ether oxygens (including phenoxy) is 4. The summed E-state index contributed by atoms with van der Waals surface area (Å²) in [6.07, 6.45) is 0. The number of nitrogens with zero attached hydrogens (tertiary/aromatic N) is 2. The first-order chi connectivity index (χ1) is 21.5. The molecule has 8 nitrogen and oxygen atoms in total. The van der Waals surface area contributed by atoms with Gasteiger partial charge < -0.3 is 30.4 Å². The fourth-order valence-electron chi connectivity index (χ4n) is 4.10. The first-order valence-corrected chi connectivity index (χ1v) is 13.8. The molecule has 0 radical (unpaired) electrons. The molecule has 0 amide bonds. The van der Waals surface area contributed by atoms with Crippen LogP contribution in [-0.2, 0) is 0 Å². The fourth-order valence-corrected chi connectivity index (χ4v) is 4.10. The lowest BCUT2D eigenvalue weighted by Gasteiger charge is -2.09. The van der Waals surface area contributed by atoms with E-state index in [9.17, 15) is 0 Å². The molecule has 8 heteroatoms. The Balaban J connectivity index is 1.03. The van der Waals surface area contributed by atoms with Crippen LogP contribution >= 0.6 is 0 Å². The SMILES string of the molecule is Nc1ccc(Oc2cccc(Oc3ccc(N=Nc4ccc(Oc5cccc(Oc6ccc(N)cc6)c5)cc4)cc3)c2)cc1. The molecule has 0 spiro atoms. The van der Waals surface area contributed by atoms with Crippen molar-refractivity contribution in [1.82, 2.24) is 0 Å². The second-order valence-electron chi connectivity index (χ2n) is 9.68. The second kappa shape index (κ2) is 13.1. The Morgan fingerprint density at radius 1 is 0.318 bits per heavy atom. The van der Waals surface area contributed by atoms with E-state index < -0.39 is 0 Å². The van der Waals surface area contributed by atoms with Gasteiger partial charge >= 0.3 is 0 Å². The van der Waals surface area contributed by atoms with Crippen molar-refractivity contribution in [3.63, 3.8) is 0 Å². The van der Waals surface area contributed by atoms with Crippen molar-refractivity contribution < 1.29 is 18.9 Å². The Morgan fingerprint density at radius 3 is 0.886 bits per heavy atom. The average molecular weight is 581 g/mol. The number of rotatable bonds is 10. The van der Waals surface area contributed by atoms with Gasteiger partial charge in [-0.2, -0.15) is 10.2 Å². The summed E-state index contributed by atoms with van der Waals surface area (Å²) in [5.74, 6) is 5.33. The molecule has 0 fully saturated rings. The van der Waals surface area contributed by atoms with Crippen LogP contribution in [0.5, 0.6) is 46.0 Å². The van der Waals surface area contributed by atoms with Gasteiger partial charge in [-0.1, -0.05) is 12.1 Å². The van der Waals surface area contributed by atoms with Crippen LogP contribution in [0.4, 0.5) is 22.7 Å². The topological polar surface area (TPSA) is 114 Å². The van der Waals surface area contributed by atoms with E-state index in [1.807, 2.05) is 121 Å². The Hall–Kier alpha value is -6.28. The van der Waals surface area contributed by atoms with E-state index in [2.05, 4.69) is 10.2 Å². The summed E-state index contributed by atoms with van der Waals surface area (Å²) < 4.78 is 23.8. The third-order valence-electron chi connectivity index (χ3n) is 6.27. The third-order valence-corrected chi connectivity index (χ3v) is 6.27. The molecule has 0 heterocycles. The molecule has 0 saturated heterocycles. The van der Waals surface area contributed by atoms with Crippen molar-refractivity contribution in [3.05, 3.63) is 146 Å². The number of anilines is 2. The number of hydrogen-bond acceptors (Lipinski definition) is 8. The molecule has 0 aliphatic heterocycles. The van der Waals surface area contributed by atoms with Crippen molar-refractivity contribution in [1.29, 1.82) is 0 Å². The Labute approximate surface area is 254 Å². The summed E-state index contributed by atoms with van der Waals surface area (Å²) in [4.78, 5) is 0. The zero-order valence-electron chi connectivity index (χ0n) is 23.5. The first kappa shape index (κ1) is 27.9. The molecule has 0 unspecified atom stereocenters. The molecule has 0 aliphatic carbocycles. The van der Waals surface area contributed by atoms with Crippen molar-refractivity contribution in [2.45, 2.75) is 0 Å². The third kappa shape index (κ3) is 7.71. The van der Waals surface area contributed by atoms with E-state index in [4.69, 9.17) is 30.4 Å². The zero-order chi connectivity index (χ0) is 30.1.